The highest BCUT2D eigenvalue weighted by Gasteiger charge is 2.38. The Bertz CT molecular complexity index is 999. The average molecular weight is 461 g/mol. The minimum absolute atomic E-state index is 0.0700. The Morgan fingerprint density at radius 1 is 1.24 bits per heavy atom. The molecule has 1 aromatic heterocycles. The number of aromatic amines is 1. The molecule has 12 heteroatoms. The predicted octanol–water partition coefficient (Wildman–Crippen LogP) is 0.552. The van der Waals surface area contributed by atoms with Gasteiger partial charge in [0.05, 0.1) is 23.9 Å². The van der Waals surface area contributed by atoms with E-state index in [1.165, 1.54) is 24.5 Å². The van der Waals surface area contributed by atoms with E-state index in [1.54, 1.807) is 4.90 Å². The van der Waals surface area contributed by atoms with E-state index >= 15 is 0 Å². The van der Waals surface area contributed by atoms with Crippen LogP contribution in [0, 0.1) is 5.82 Å². The van der Waals surface area contributed by atoms with Crippen molar-refractivity contribution in [2.45, 2.75) is 31.3 Å². The molecule has 1 fully saturated rings. The second-order valence-corrected chi connectivity index (χ2v) is 7.44. The Morgan fingerprint density at radius 3 is 2.73 bits per heavy atom. The summed E-state index contributed by atoms with van der Waals surface area (Å²) in [4.78, 5) is 48.2. The molecule has 2 bridgehead atoms. The van der Waals surface area contributed by atoms with Crippen molar-refractivity contribution in [3.05, 3.63) is 47.5 Å². The van der Waals surface area contributed by atoms with Crippen LogP contribution in [0.1, 0.15) is 40.0 Å². The highest BCUT2D eigenvalue weighted by atomic mass is 19.1. The van der Waals surface area contributed by atoms with E-state index in [0.717, 1.165) is 6.07 Å². The fraction of sp³-hybridized carbons (Fsp3) is 0.381. The molecule has 0 saturated carbocycles. The topological polar surface area (TPSA) is 154 Å². The average Bonchev–Trinajstić information content (AvgIpc) is 3.46. The summed E-state index contributed by atoms with van der Waals surface area (Å²) < 4.78 is 19.3. The van der Waals surface area contributed by atoms with Crippen molar-refractivity contribution in [3.8, 4) is 5.75 Å². The van der Waals surface area contributed by atoms with Gasteiger partial charge in [-0.25, -0.2) is 4.39 Å². The number of amides is 3. The van der Waals surface area contributed by atoms with Crippen molar-refractivity contribution in [1.29, 1.82) is 0 Å². The molecule has 2 aliphatic heterocycles. The largest absolute Gasteiger partial charge is 0.491 e. The van der Waals surface area contributed by atoms with Crippen LogP contribution in [0.15, 0.2) is 30.6 Å². The lowest BCUT2D eigenvalue weighted by molar-refractivity contribution is -0.123. The number of carbonyl (C=O) groups excluding carboxylic acids is 3. The maximum absolute atomic E-state index is 13.7. The number of H-pyrrole nitrogens is 1. The molecule has 0 unspecified atom stereocenters. The first kappa shape index (κ1) is 23.7. The summed E-state index contributed by atoms with van der Waals surface area (Å²) in [5.41, 5.74) is 0.459. The van der Waals surface area contributed by atoms with Crippen LogP contribution in [0.3, 0.4) is 0 Å². The van der Waals surface area contributed by atoms with Crippen molar-refractivity contribution in [2.75, 3.05) is 19.7 Å². The molecule has 176 valence electrons. The van der Waals surface area contributed by atoms with Crippen LogP contribution in [0.2, 0.25) is 0 Å². The number of nitrogens with one attached hydrogen (secondary N) is 3. The van der Waals surface area contributed by atoms with Crippen molar-refractivity contribution >= 4 is 24.2 Å². The van der Waals surface area contributed by atoms with Crippen molar-refractivity contribution < 1.29 is 33.4 Å². The molecule has 4 rings (SSSR count). The third kappa shape index (κ3) is 5.84. The molecule has 3 heterocycles. The summed E-state index contributed by atoms with van der Waals surface area (Å²) in [6.07, 6.45) is 4.37. The SMILES string of the molecule is O=C1C[C@@H]2CC[C@H](CNC(=O)c3cc(F)ccc3OCCN1)N2C(=O)c1cn[nH]c1.O=CO. The van der Waals surface area contributed by atoms with E-state index in [9.17, 15) is 18.8 Å². The molecule has 4 N–H and O–H groups in total. The first-order valence-electron chi connectivity index (χ1n) is 10.3. The van der Waals surface area contributed by atoms with Gasteiger partial charge in [-0.05, 0) is 31.0 Å². The maximum atomic E-state index is 13.7. The quantitative estimate of drug-likeness (QED) is 0.452. The molecule has 3 amide bonds. The minimum atomic E-state index is -0.556. The Kier molecular flexibility index (Phi) is 7.95. The summed E-state index contributed by atoms with van der Waals surface area (Å²) in [5, 5.41) is 18.9. The van der Waals surface area contributed by atoms with Crippen LogP contribution in [-0.2, 0) is 9.59 Å². The van der Waals surface area contributed by atoms with Crippen molar-refractivity contribution in [1.82, 2.24) is 25.7 Å². The molecule has 2 aliphatic rings. The fourth-order valence-electron chi connectivity index (χ4n) is 3.96. The molecule has 0 spiro atoms. The molecule has 33 heavy (non-hydrogen) atoms. The molecule has 2 atom stereocenters. The molecule has 2 aromatic rings. The number of benzene rings is 1. The third-order valence-electron chi connectivity index (χ3n) is 5.39. The van der Waals surface area contributed by atoms with E-state index in [2.05, 4.69) is 20.8 Å². The fourth-order valence-corrected chi connectivity index (χ4v) is 3.96. The van der Waals surface area contributed by atoms with Gasteiger partial charge in [0.2, 0.25) is 5.91 Å². The van der Waals surface area contributed by atoms with E-state index in [0.29, 0.717) is 18.4 Å². The number of halogens is 1. The van der Waals surface area contributed by atoms with Crippen LogP contribution in [-0.4, -0.2) is 76.2 Å². The Hall–Kier alpha value is -3.96. The zero-order valence-corrected chi connectivity index (χ0v) is 17.6. The van der Waals surface area contributed by atoms with Gasteiger partial charge < -0.3 is 25.4 Å². The number of nitrogens with zero attached hydrogens (tertiary/aromatic N) is 2. The summed E-state index contributed by atoms with van der Waals surface area (Å²) in [6.45, 7) is 0.280. The highest BCUT2D eigenvalue weighted by molar-refractivity contribution is 5.97. The normalized spacial score (nSPS) is 20.7. The Labute approximate surface area is 188 Å². The second-order valence-electron chi connectivity index (χ2n) is 7.44. The molecular formula is C21H24FN5O6. The first-order valence-corrected chi connectivity index (χ1v) is 10.3. The van der Waals surface area contributed by atoms with Crippen LogP contribution < -0.4 is 15.4 Å². The molecule has 1 saturated heterocycles. The number of rotatable bonds is 1. The summed E-state index contributed by atoms with van der Waals surface area (Å²) >= 11 is 0. The van der Waals surface area contributed by atoms with Crippen molar-refractivity contribution in [3.63, 3.8) is 0 Å². The number of carboxylic acid groups (broad SMARTS) is 1. The monoisotopic (exact) mass is 461 g/mol. The van der Waals surface area contributed by atoms with Gasteiger partial charge in [0.25, 0.3) is 18.3 Å². The van der Waals surface area contributed by atoms with Gasteiger partial charge in [-0.1, -0.05) is 0 Å². The van der Waals surface area contributed by atoms with Crippen LogP contribution >= 0.6 is 0 Å². The van der Waals surface area contributed by atoms with Crippen LogP contribution in [0.25, 0.3) is 0 Å². The lowest BCUT2D eigenvalue weighted by atomic mass is 10.1. The van der Waals surface area contributed by atoms with Crippen molar-refractivity contribution in [2.24, 2.45) is 0 Å². The van der Waals surface area contributed by atoms with Crippen LogP contribution in [0.4, 0.5) is 4.39 Å². The van der Waals surface area contributed by atoms with Gasteiger partial charge in [0.15, 0.2) is 0 Å². The summed E-state index contributed by atoms with van der Waals surface area (Å²) in [7, 11) is 0. The van der Waals surface area contributed by atoms with E-state index in [1.807, 2.05) is 0 Å². The minimum Gasteiger partial charge on any atom is -0.491 e. The van der Waals surface area contributed by atoms with Gasteiger partial charge in [0.1, 0.15) is 18.2 Å². The smallest absolute Gasteiger partial charge is 0.290 e. The zero-order chi connectivity index (χ0) is 23.8. The van der Waals surface area contributed by atoms with Gasteiger partial charge in [-0.15, -0.1) is 0 Å². The summed E-state index contributed by atoms with van der Waals surface area (Å²) in [5.74, 6) is -1.24. The van der Waals surface area contributed by atoms with Crippen LogP contribution in [0.5, 0.6) is 5.75 Å². The van der Waals surface area contributed by atoms with Gasteiger partial charge in [0, 0.05) is 31.2 Å². The number of hydrogen-bond acceptors (Lipinski definition) is 6. The number of aromatic nitrogens is 2. The van der Waals surface area contributed by atoms with Gasteiger partial charge in [-0.2, -0.15) is 5.10 Å². The number of fused-ring (bicyclic) bond motifs is 3. The molecule has 0 aliphatic carbocycles. The lowest BCUT2D eigenvalue weighted by Gasteiger charge is -2.30. The second kappa shape index (κ2) is 11.1. The summed E-state index contributed by atoms with van der Waals surface area (Å²) in [6, 6.07) is 3.12. The van der Waals surface area contributed by atoms with E-state index < -0.39 is 11.7 Å². The molecule has 11 nitrogen and oxygen atoms in total. The molecular weight excluding hydrogens is 437 g/mol. The van der Waals surface area contributed by atoms with Gasteiger partial charge >= 0.3 is 0 Å². The Balaban J connectivity index is 0.000000968. The van der Waals surface area contributed by atoms with E-state index in [-0.39, 0.29) is 67.8 Å². The number of carbonyl (C=O) groups is 4. The molecule has 1 aromatic carbocycles. The molecule has 0 radical (unpaired) electrons. The van der Waals surface area contributed by atoms with E-state index in [4.69, 9.17) is 14.6 Å². The maximum Gasteiger partial charge on any atom is 0.290 e. The highest BCUT2D eigenvalue weighted by Crippen LogP contribution is 2.28. The Morgan fingerprint density at radius 2 is 2.00 bits per heavy atom. The lowest BCUT2D eigenvalue weighted by Crippen LogP contribution is -2.48. The first-order chi connectivity index (χ1) is 15.9. The van der Waals surface area contributed by atoms with Gasteiger partial charge in [-0.3, -0.25) is 24.3 Å². The predicted molar refractivity (Wildman–Crippen MR) is 112 cm³/mol. The standard InChI is InChI=1S/C20H22FN5O4.CH2O2/c21-13-1-4-17-16(7-13)19(28)23-11-15-3-2-14(8-18(27)22-5-6-30-17)26(15)20(29)12-9-24-25-10-12;2-1-3/h1,4,7,9-10,14-15H,2-3,5-6,8,11H2,(H,22,27)(H,23,28)(H,24,25);1H,(H,2,3)/t14-,15+;/m0./s1. The number of ether oxygens (including phenoxy) is 1. The number of hydrogen-bond donors (Lipinski definition) is 4. The third-order valence-corrected chi connectivity index (χ3v) is 5.39. The zero-order valence-electron chi connectivity index (χ0n) is 17.6.